The highest BCUT2D eigenvalue weighted by Gasteiger charge is 2.47. The smallest absolute Gasteiger partial charge is 0.257 e. The lowest BCUT2D eigenvalue weighted by Gasteiger charge is -2.30. The van der Waals surface area contributed by atoms with Gasteiger partial charge >= 0.3 is 0 Å². The van der Waals surface area contributed by atoms with Crippen LogP contribution < -0.4 is 9.64 Å². The van der Waals surface area contributed by atoms with Crippen molar-refractivity contribution in [1.82, 2.24) is 4.90 Å². The third-order valence-corrected chi connectivity index (χ3v) is 5.54. The molecular weight excluding hydrogens is 360 g/mol. The number of ether oxygens (including phenoxy) is 2. The number of benzene rings is 1. The van der Waals surface area contributed by atoms with E-state index in [0.717, 1.165) is 25.7 Å². The quantitative estimate of drug-likeness (QED) is 0.671. The van der Waals surface area contributed by atoms with Crippen LogP contribution in [0.4, 0.5) is 5.69 Å². The fourth-order valence-electron chi connectivity index (χ4n) is 3.93. The molecule has 1 aromatic carbocycles. The van der Waals surface area contributed by atoms with Gasteiger partial charge in [0.25, 0.3) is 5.91 Å². The van der Waals surface area contributed by atoms with Crippen LogP contribution in [0, 0.1) is 5.92 Å². The molecule has 0 aromatic heterocycles. The van der Waals surface area contributed by atoms with E-state index < -0.39 is 6.04 Å². The van der Waals surface area contributed by atoms with Crippen LogP contribution in [0.5, 0.6) is 5.75 Å². The summed E-state index contributed by atoms with van der Waals surface area (Å²) in [5.41, 5.74) is 0.511. The normalized spacial score (nSPS) is 24.7. The van der Waals surface area contributed by atoms with E-state index >= 15 is 0 Å². The van der Waals surface area contributed by atoms with Gasteiger partial charge in [0.2, 0.25) is 11.8 Å². The molecule has 2 heterocycles. The Bertz CT molecular complexity index is 753. The summed E-state index contributed by atoms with van der Waals surface area (Å²) in [7, 11) is 0. The molecule has 1 saturated carbocycles. The van der Waals surface area contributed by atoms with E-state index in [4.69, 9.17) is 9.47 Å². The minimum atomic E-state index is -0.739. The Kier molecular flexibility index (Phi) is 5.35. The largest absolute Gasteiger partial charge is 0.494 e. The lowest BCUT2D eigenvalue weighted by molar-refractivity contribution is -0.141. The number of hydrogen-bond acceptors (Lipinski definition) is 5. The number of nitrogens with zero attached hydrogens (tertiary/aromatic N) is 2. The van der Waals surface area contributed by atoms with Crippen molar-refractivity contribution in [2.45, 2.75) is 51.2 Å². The van der Waals surface area contributed by atoms with Gasteiger partial charge in [-0.25, -0.2) is 4.90 Å². The van der Waals surface area contributed by atoms with Crippen molar-refractivity contribution >= 4 is 23.4 Å². The average molecular weight is 386 g/mol. The maximum Gasteiger partial charge on any atom is 0.257 e. The zero-order valence-electron chi connectivity index (χ0n) is 16.1. The van der Waals surface area contributed by atoms with Crippen LogP contribution in [-0.2, 0) is 19.1 Å². The Labute approximate surface area is 164 Å². The maximum absolute atomic E-state index is 13.1. The van der Waals surface area contributed by atoms with Crippen LogP contribution >= 0.6 is 0 Å². The summed E-state index contributed by atoms with van der Waals surface area (Å²) < 4.78 is 11.1. The number of hydrogen-bond donors (Lipinski definition) is 0. The van der Waals surface area contributed by atoms with E-state index in [0.29, 0.717) is 31.2 Å². The molecule has 0 spiro atoms. The molecule has 2 unspecified atom stereocenters. The van der Waals surface area contributed by atoms with Gasteiger partial charge in [-0.15, -0.1) is 0 Å². The predicted molar refractivity (Wildman–Crippen MR) is 102 cm³/mol. The average Bonchev–Trinajstić information content (AvgIpc) is 3.34. The first-order chi connectivity index (χ1) is 13.6. The Morgan fingerprint density at radius 2 is 1.96 bits per heavy atom. The van der Waals surface area contributed by atoms with Gasteiger partial charge in [-0.05, 0) is 56.9 Å². The highest BCUT2D eigenvalue weighted by Crippen LogP contribution is 2.35. The molecule has 3 aliphatic rings. The fourth-order valence-corrected chi connectivity index (χ4v) is 3.93. The van der Waals surface area contributed by atoms with E-state index in [9.17, 15) is 14.4 Å². The number of carbonyl (C=O) groups is 3. The van der Waals surface area contributed by atoms with E-state index in [1.807, 2.05) is 6.92 Å². The third kappa shape index (κ3) is 3.76. The summed E-state index contributed by atoms with van der Waals surface area (Å²) >= 11 is 0. The third-order valence-electron chi connectivity index (χ3n) is 5.54. The molecule has 0 N–H and O–H groups in total. The molecule has 2 atom stereocenters. The molecule has 2 aliphatic heterocycles. The maximum atomic E-state index is 13.1. The predicted octanol–water partition coefficient (Wildman–Crippen LogP) is 2.13. The second-order valence-corrected chi connectivity index (χ2v) is 7.61. The van der Waals surface area contributed by atoms with E-state index in [1.54, 1.807) is 29.2 Å². The molecule has 7 nitrogen and oxygen atoms in total. The lowest BCUT2D eigenvalue weighted by Crippen LogP contribution is -2.49. The Balaban J connectivity index is 1.53. The fraction of sp³-hybridized carbons (Fsp3) is 0.571. The van der Waals surface area contributed by atoms with E-state index in [1.165, 1.54) is 4.90 Å². The van der Waals surface area contributed by atoms with Crippen LogP contribution in [0.2, 0.25) is 0 Å². The zero-order chi connectivity index (χ0) is 19.7. The van der Waals surface area contributed by atoms with Crippen LogP contribution in [-0.4, -0.2) is 54.5 Å². The summed E-state index contributed by atoms with van der Waals surface area (Å²) in [4.78, 5) is 41.5. The summed E-state index contributed by atoms with van der Waals surface area (Å²) in [6.07, 6.45) is 3.54. The SMILES string of the molecule is CCOc1ccc(N2C(=O)CC(N(CC3CCCO3)C(=O)C3CC3)C2=O)cc1. The molecular formula is C21H26N2O5. The van der Waals surface area contributed by atoms with E-state index in [2.05, 4.69) is 0 Å². The molecule has 150 valence electrons. The topological polar surface area (TPSA) is 76.2 Å². The van der Waals surface area contributed by atoms with Gasteiger partial charge in [-0.1, -0.05) is 0 Å². The molecule has 0 bridgehead atoms. The second kappa shape index (κ2) is 7.91. The van der Waals surface area contributed by atoms with Gasteiger partial charge in [0.15, 0.2) is 0 Å². The van der Waals surface area contributed by atoms with Crippen LogP contribution in [0.3, 0.4) is 0 Å². The van der Waals surface area contributed by atoms with Crippen LogP contribution in [0.1, 0.15) is 39.0 Å². The molecule has 1 aliphatic carbocycles. The van der Waals surface area contributed by atoms with Gasteiger partial charge in [0, 0.05) is 19.1 Å². The number of imide groups is 1. The van der Waals surface area contributed by atoms with Crippen LogP contribution in [0.15, 0.2) is 24.3 Å². The van der Waals surface area contributed by atoms with Crippen molar-refractivity contribution in [2.24, 2.45) is 5.92 Å². The first-order valence-corrected chi connectivity index (χ1v) is 10.1. The number of anilines is 1. The summed E-state index contributed by atoms with van der Waals surface area (Å²) in [6.45, 7) is 3.51. The molecule has 3 amide bonds. The molecule has 1 aromatic rings. The Hall–Kier alpha value is -2.41. The Morgan fingerprint density at radius 1 is 1.21 bits per heavy atom. The Morgan fingerprint density at radius 3 is 2.57 bits per heavy atom. The minimum absolute atomic E-state index is 0.0103. The highest BCUT2D eigenvalue weighted by molar-refractivity contribution is 6.23. The van der Waals surface area contributed by atoms with Gasteiger partial charge in [0.1, 0.15) is 11.8 Å². The highest BCUT2D eigenvalue weighted by atomic mass is 16.5. The van der Waals surface area contributed by atoms with Crippen molar-refractivity contribution in [2.75, 3.05) is 24.7 Å². The summed E-state index contributed by atoms with van der Waals surface area (Å²) in [5, 5.41) is 0. The monoisotopic (exact) mass is 386 g/mol. The van der Waals surface area contributed by atoms with Crippen LogP contribution in [0.25, 0.3) is 0 Å². The molecule has 0 radical (unpaired) electrons. The van der Waals surface area contributed by atoms with Crippen molar-refractivity contribution < 1.29 is 23.9 Å². The number of carbonyl (C=O) groups excluding carboxylic acids is 3. The second-order valence-electron chi connectivity index (χ2n) is 7.61. The summed E-state index contributed by atoms with van der Waals surface area (Å²) in [5.74, 6) is 0.0473. The molecule has 4 rings (SSSR count). The lowest BCUT2D eigenvalue weighted by atomic mass is 10.1. The molecule has 3 fully saturated rings. The van der Waals surface area contributed by atoms with Gasteiger partial charge in [0.05, 0.1) is 24.8 Å². The first kappa shape index (κ1) is 18.9. The van der Waals surface area contributed by atoms with Crippen molar-refractivity contribution in [3.63, 3.8) is 0 Å². The van der Waals surface area contributed by atoms with Crippen molar-refractivity contribution in [3.8, 4) is 5.75 Å². The first-order valence-electron chi connectivity index (χ1n) is 10.1. The zero-order valence-corrected chi connectivity index (χ0v) is 16.1. The molecule has 7 heteroatoms. The standard InChI is InChI=1S/C21H26N2O5/c1-2-27-16-9-7-15(8-10-16)23-19(24)12-18(21(23)26)22(20(25)14-5-6-14)13-17-4-3-11-28-17/h7-10,14,17-18H,2-6,11-13H2,1H3. The number of amides is 3. The van der Waals surface area contributed by atoms with Gasteiger partial charge in [-0.3, -0.25) is 14.4 Å². The van der Waals surface area contributed by atoms with E-state index in [-0.39, 0.29) is 36.2 Å². The van der Waals surface area contributed by atoms with Gasteiger partial charge in [-0.2, -0.15) is 0 Å². The molecule has 2 saturated heterocycles. The molecule has 28 heavy (non-hydrogen) atoms. The van der Waals surface area contributed by atoms with Crippen molar-refractivity contribution in [1.29, 1.82) is 0 Å². The van der Waals surface area contributed by atoms with Crippen molar-refractivity contribution in [3.05, 3.63) is 24.3 Å². The summed E-state index contributed by atoms with van der Waals surface area (Å²) in [6, 6.07) is 6.15. The van der Waals surface area contributed by atoms with Gasteiger partial charge < -0.3 is 14.4 Å². The number of rotatable bonds is 7. The minimum Gasteiger partial charge on any atom is -0.494 e.